The molecule has 23 heavy (non-hydrogen) atoms. The average Bonchev–Trinajstić information content (AvgIpc) is 3.20. The molecule has 2 fully saturated rings. The van der Waals surface area contributed by atoms with Gasteiger partial charge in [0.2, 0.25) is 11.0 Å². The van der Waals surface area contributed by atoms with Crippen LogP contribution in [0.5, 0.6) is 0 Å². The summed E-state index contributed by atoms with van der Waals surface area (Å²) in [7, 11) is 0. The molecule has 2 aliphatic rings. The topological polar surface area (TPSA) is 96.0 Å². The minimum absolute atomic E-state index is 0.00316. The van der Waals surface area contributed by atoms with Gasteiger partial charge in [0.15, 0.2) is 0 Å². The summed E-state index contributed by atoms with van der Waals surface area (Å²) in [5.74, 6) is 0.974. The van der Waals surface area contributed by atoms with Crippen molar-refractivity contribution in [2.45, 2.75) is 56.4 Å². The van der Waals surface area contributed by atoms with E-state index in [1.807, 2.05) is 18.7 Å². The third-order valence-corrected chi connectivity index (χ3v) is 6.59. The number of carbonyl (C=O) groups is 2. The highest BCUT2D eigenvalue weighted by molar-refractivity contribution is 8.00. The number of amides is 3. The Morgan fingerprint density at radius 1 is 1.35 bits per heavy atom. The number of aromatic nitrogens is 2. The number of urea groups is 1. The predicted octanol–water partition coefficient (Wildman–Crippen LogP) is 1.76. The molecule has 0 aliphatic carbocycles. The van der Waals surface area contributed by atoms with Crippen molar-refractivity contribution < 1.29 is 9.59 Å². The van der Waals surface area contributed by atoms with Crippen LogP contribution in [0, 0.1) is 0 Å². The van der Waals surface area contributed by atoms with Crippen LogP contribution in [0.3, 0.4) is 0 Å². The van der Waals surface area contributed by atoms with Gasteiger partial charge in [-0.1, -0.05) is 24.7 Å². The molecule has 2 saturated heterocycles. The fraction of sp³-hybridized carbons (Fsp3) is 0.714. The summed E-state index contributed by atoms with van der Waals surface area (Å²) in [5, 5.41) is 18.6. The number of hydrogen-bond acceptors (Lipinski definition) is 6. The van der Waals surface area contributed by atoms with Crippen LogP contribution in [0.1, 0.15) is 37.6 Å². The lowest BCUT2D eigenvalue weighted by Gasteiger charge is -2.16. The number of thioether (sulfide) groups is 1. The van der Waals surface area contributed by atoms with Crippen LogP contribution in [-0.4, -0.2) is 45.2 Å². The minimum Gasteiger partial charge on any atom is -0.332 e. The Hall–Kier alpha value is -1.35. The molecule has 0 unspecified atom stereocenters. The molecule has 1 aromatic heterocycles. The molecular weight excluding hydrogens is 334 g/mol. The van der Waals surface area contributed by atoms with Gasteiger partial charge in [0.05, 0.1) is 12.1 Å². The van der Waals surface area contributed by atoms with Crippen LogP contribution in [0.15, 0.2) is 0 Å². The first-order chi connectivity index (χ1) is 11.2. The van der Waals surface area contributed by atoms with E-state index in [9.17, 15) is 9.59 Å². The summed E-state index contributed by atoms with van der Waals surface area (Å²) in [5.41, 5.74) is 0. The molecule has 3 amide bonds. The molecule has 3 heterocycles. The van der Waals surface area contributed by atoms with Crippen molar-refractivity contribution in [3.8, 4) is 0 Å². The Balaban J connectivity index is 1.33. The van der Waals surface area contributed by atoms with E-state index >= 15 is 0 Å². The first-order valence-electron chi connectivity index (χ1n) is 7.96. The molecule has 0 saturated carbocycles. The number of unbranched alkanes of at least 4 members (excludes halogenated alkanes) is 1. The van der Waals surface area contributed by atoms with E-state index < -0.39 is 0 Å². The van der Waals surface area contributed by atoms with E-state index in [0.29, 0.717) is 16.8 Å². The fourth-order valence-corrected chi connectivity index (χ4v) is 5.14. The number of rotatable bonds is 7. The van der Waals surface area contributed by atoms with Crippen molar-refractivity contribution in [1.29, 1.82) is 0 Å². The lowest BCUT2D eigenvalue weighted by molar-refractivity contribution is -0.116. The van der Waals surface area contributed by atoms with Gasteiger partial charge in [-0.05, 0) is 19.3 Å². The first kappa shape index (κ1) is 16.5. The Morgan fingerprint density at radius 3 is 3.00 bits per heavy atom. The third-order valence-electron chi connectivity index (χ3n) is 4.10. The first-order valence-corrected chi connectivity index (χ1v) is 9.83. The number of carbonyl (C=O) groups excluding carboxylic acids is 2. The standard InChI is InChI=1S/C14H21N5O2S2/c1-2-11-18-19-14(23-11)16-10(20)6-4-3-5-9-12-8(7-22-9)15-13(21)17-12/h8-9,12H,2-7H2,1H3,(H2,15,17,21)(H,16,19,20)/t8-,9+,12-/m1/s1. The van der Waals surface area contributed by atoms with Crippen LogP contribution in [0.4, 0.5) is 9.93 Å². The van der Waals surface area contributed by atoms with Crippen LogP contribution in [0.2, 0.25) is 0 Å². The summed E-state index contributed by atoms with van der Waals surface area (Å²) in [6, 6.07) is 0.467. The average molecular weight is 355 g/mol. The highest BCUT2D eigenvalue weighted by atomic mass is 32.2. The summed E-state index contributed by atoms with van der Waals surface area (Å²) in [6.07, 6.45) is 4.19. The van der Waals surface area contributed by atoms with Gasteiger partial charge in [-0.25, -0.2) is 4.79 Å². The minimum atomic E-state index is -0.0480. The monoisotopic (exact) mass is 355 g/mol. The molecule has 3 rings (SSSR count). The molecule has 1 aromatic rings. The van der Waals surface area contributed by atoms with Crippen LogP contribution in [0.25, 0.3) is 0 Å². The van der Waals surface area contributed by atoms with Gasteiger partial charge in [-0.2, -0.15) is 11.8 Å². The molecule has 0 radical (unpaired) electrons. The van der Waals surface area contributed by atoms with E-state index in [0.717, 1.165) is 36.4 Å². The number of hydrogen-bond donors (Lipinski definition) is 3. The van der Waals surface area contributed by atoms with Crippen molar-refractivity contribution in [2.24, 2.45) is 0 Å². The zero-order valence-corrected chi connectivity index (χ0v) is 14.6. The summed E-state index contributed by atoms with van der Waals surface area (Å²) in [4.78, 5) is 23.2. The second-order valence-electron chi connectivity index (χ2n) is 5.77. The zero-order valence-electron chi connectivity index (χ0n) is 13.0. The van der Waals surface area contributed by atoms with E-state index in [-0.39, 0.29) is 24.0 Å². The fourth-order valence-electron chi connectivity index (χ4n) is 2.90. The largest absolute Gasteiger partial charge is 0.332 e. The number of aryl methyl sites for hydroxylation is 1. The third kappa shape index (κ3) is 4.14. The molecule has 0 bridgehead atoms. The van der Waals surface area contributed by atoms with E-state index in [1.165, 1.54) is 11.3 Å². The lowest BCUT2D eigenvalue weighted by atomic mass is 10.0. The lowest BCUT2D eigenvalue weighted by Crippen LogP contribution is -2.36. The second kappa shape index (κ2) is 7.48. The summed E-state index contributed by atoms with van der Waals surface area (Å²) >= 11 is 3.34. The van der Waals surface area contributed by atoms with Crippen molar-refractivity contribution in [3.05, 3.63) is 5.01 Å². The van der Waals surface area contributed by atoms with Crippen LogP contribution >= 0.6 is 23.1 Å². The van der Waals surface area contributed by atoms with Crippen LogP contribution < -0.4 is 16.0 Å². The Morgan fingerprint density at radius 2 is 2.22 bits per heavy atom. The second-order valence-corrected chi connectivity index (χ2v) is 8.10. The molecule has 0 aromatic carbocycles. The smallest absolute Gasteiger partial charge is 0.315 e. The number of anilines is 1. The van der Waals surface area contributed by atoms with E-state index in [2.05, 4.69) is 26.1 Å². The van der Waals surface area contributed by atoms with Crippen LogP contribution in [-0.2, 0) is 11.2 Å². The summed E-state index contributed by atoms with van der Waals surface area (Å²) < 4.78 is 0. The SMILES string of the molecule is CCc1nnc(NC(=O)CCCC[C@@H]2SC[C@H]3NC(=O)N[C@@H]23)s1. The molecule has 3 N–H and O–H groups in total. The number of fused-ring (bicyclic) bond motifs is 1. The Labute approximate surface area is 143 Å². The van der Waals surface area contributed by atoms with Gasteiger partial charge in [-0.3, -0.25) is 4.79 Å². The molecule has 2 aliphatic heterocycles. The van der Waals surface area contributed by atoms with Gasteiger partial charge < -0.3 is 16.0 Å². The maximum absolute atomic E-state index is 11.9. The van der Waals surface area contributed by atoms with Gasteiger partial charge in [0, 0.05) is 17.4 Å². The van der Waals surface area contributed by atoms with Crippen molar-refractivity contribution in [2.75, 3.05) is 11.1 Å². The normalized spacial score (nSPS) is 25.8. The predicted molar refractivity (Wildman–Crippen MR) is 91.9 cm³/mol. The van der Waals surface area contributed by atoms with Crippen molar-refractivity contribution in [1.82, 2.24) is 20.8 Å². The van der Waals surface area contributed by atoms with Gasteiger partial charge in [-0.15, -0.1) is 10.2 Å². The number of nitrogens with zero attached hydrogens (tertiary/aromatic N) is 2. The molecule has 7 nitrogen and oxygen atoms in total. The Bertz CT molecular complexity index is 579. The zero-order chi connectivity index (χ0) is 16.2. The van der Waals surface area contributed by atoms with Crippen molar-refractivity contribution >= 4 is 40.2 Å². The number of nitrogens with one attached hydrogen (secondary N) is 3. The molecular formula is C14H21N5O2S2. The quantitative estimate of drug-likeness (QED) is 0.512. The van der Waals surface area contributed by atoms with Gasteiger partial charge in [0.1, 0.15) is 5.01 Å². The Kier molecular flexibility index (Phi) is 5.37. The van der Waals surface area contributed by atoms with Crippen molar-refractivity contribution in [3.63, 3.8) is 0 Å². The van der Waals surface area contributed by atoms with E-state index in [1.54, 1.807) is 0 Å². The van der Waals surface area contributed by atoms with Gasteiger partial charge in [0.25, 0.3) is 0 Å². The van der Waals surface area contributed by atoms with E-state index in [4.69, 9.17) is 0 Å². The molecule has 9 heteroatoms. The molecule has 126 valence electrons. The van der Waals surface area contributed by atoms with Gasteiger partial charge >= 0.3 is 6.03 Å². The summed E-state index contributed by atoms with van der Waals surface area (Å²) in [6.45, 7) is 2.01. The maximum Gasteiger partial charge on any atom is 0.315 e. The molecule has 3 atom stereocenters. The molecule has 0 spiro atoms. The maximum atomic E-state index is 11.9. The highest BCUT2D eigenvalue weighted by Crippen LogP contribution is 2.33. The highest BCUT2D eigenvalue weighted by Gasteiger charge is 2.42.